The number of esters is 1. The standard InChI is InChI=1S/C11H20FNO4/c1-7(6-8(12)9(14)16-5)13-10(15)17-11(2,3)4/h7-8H,6H2,1-5H3,(H,13,15)/t7-,8+/m0/s1. The van der Waals surface area contributed by atoms with Crippen LogP contribution in [-0.2, 0) is 14.3 Å². The summed E-state index contributed by atoms with van der Waals surface area (Å²) >= 11 is 0. The Kier molecular flexibility index (Phi) is 5.91. The summed E-state index contributed by atoms with van der Waals surface area (Å²) in [5.74, 6) is -0.942. The summed E-state index contributed by atoms with van der Waals surface area (Å²) in [6.07, 6.45) is -2.53. The highest BCUT2D eigenvalue weighted by Crippen LogP contribution is 2.08. The summed E-state index contributed by atoms with van der Waals surface area (Å²) in [5.41, 5.74) is -0.610. The number of carbonyl (C=O) groups excluding carboxylic acids is 2. The van der Waals surface area contributed by atoms with Gasteiger partial charge in [0.2, 0.25) is 0 Å². The molecule has 1 amide bonds. The third-order valence-corrected chi connectivity index (χ3v) is 1.78. The highest BCUT2D eigenvalue weighted by molar-refractivity contribution is 5.74. The Morgan fingerprint density at radius 3 is 2.29 bits per heavy atom. The molecule has 0 rings (SSSR count). The summed E-state index contributed by atoms with van der Waals surface area (Å²) in [4.78, 5) is 22.1. The lowest BCUT2D eigenvalue weighted by molar-refractivity contribution is -0.146. The molecule has 0 radical (unpaired) electrons. The number of halogens is 1. The number of alkyl carbamates (subject to hydrolysis) is 1. The number of hydrogen-bond donors (Lipinski definition) is 1. The Hall–Kier alpha value is -1.33. The van der Waals surface area contributed by atoms with Gasteiger partial charge in [0, 0.05) is 12.5 Å². The summed E-state index contributed by atoms with van der Waals surface area (Å²) in [6.45, 7) is 6.76. The number of rotatable bonds is 4. The van der Waals surface area contributed by atoms with E-state index in [1.54, 1.807) is 27.7 Å². The molecule has 0 aliphatic heterocycles. The van der Waals surface area contributed by atoms with E-state index >= 15 is 0 Å². The molecule has 0 saturated heterocycles. The first-order valence-electron chi connectivity index (χ1n) is 5.37. The maximum Gasteiger partial charge on any atom is 0.407 e. The second-order valence-corrected chi connectivity index (χ2v) is 4.77. The van der Waals surface area contributed by atoms with E-state index in [1.165, 1.54) is 0 Å². The predicted molar refractivity (Wildman–Crippen MR) is 60.4 cm³/mol. The van der Waals surface area contributed by atoms with Gasteiger partial charge in [0.25, 0.3) is 0 Å². The molecule has 2 atom stereocenters. The Balaban J connectivity index is 4.06. The zero-order valence-electron chi connectivity index (χ0n) is 10.9. The van der Waals surface area contributed by atoms with Crippen LogP contribution >= 0.6 is 0 Å². The number of hydrogen-bond acceptors (Lipinski definition) is 4. The number of nitrogens with one attached hydrogen (secondary N) is 1. The molecule has 0 aromatic heterocycles. The van der Waals surface area contributed by atoms with Gasteiger partial charge in [-0.2, -0.15) is 0 Å². The van der Waals surface area contributed by atoms with E-state index in [4.69, 9.17) is 4.74 Å². The molecule has 1 N–H and O–H groups in total. The highest BCUT2D eigenvalue weighted by Gasteiger charge is 2.23. The summed E-state index contributed by atoms with van der Waals surface area (Å²) < 4.78 is 22.4. The van der Waals surface area contributed by atoms with Gasteiger partial charge in [0.1, 0.15) is 5.60 Å². The molecule has 0 aliphatic rings. The number of carbonyl (C=O) groups is 2. The molecule has 0 aromatic rings. The molecule has 6 heteroatoms. The van der Waals surface area contributed by atoms with Gasteiger partial charge >= 0.3 is 12.1 Å². The van der Waals surface area contributed by atoms with Gasteiger partial charge in [0.15, 0.2) is 6.17 Å². The van der Waals surface area contributed by atoms with Crippen LogP contribution < -0.4 is 5.32 Å². The third kappa shape index (κ3) is 7.54. The first-order valence-corrected chi connectivity index (χ1v) is 5.37. The molecule has 0 aromatic carbocycles. The van der Waals surface area contributed by atoms with Crippen molar-refractivity contribution in [2.75, 3.05) is 7.11 Å². The molecule has 0 fully saturated rings. The Bertz CT molecular complexity index is 275. The molecule has 5 nitrogen and oxygen atoms in total. The lowest BCUT2D eigenvalue weighted by Crippen LogP contribution is -2.39. The van der Waals surface area contributed by atoms with Gasteiger partial charge in [-0.15, -0.1) is 0 Å². The van der Waals surface area contributed by atoms with Crippen LogP contribution in [-0.4, -0.2) is 37.0 Å². The summed E-state index contributed by atoms with van der Waals surface area (Å²) in [6, 6.07) is -0.515. The zero-order valence-corrected chi connectivity index (χ0v) is 10.9. The van der Waals surface area contributed by atoms with Crippen molar-refractivity contribution in [2.45, 2.75) is 51.9 Å². The van der Waals surface area contributed by atoms with Gasteiger partial charge in [-0.25, -0.2) is 14.0 Å². The van der Waals surface area contributed by atoms with Crippen LogP contribution in [0.15, 0.2) is 0 Å². The normalized spacial score (nSPS) is 14.7. The van der Waals surface area contributed by atoms with Crippen LogP contribution in [0.2, 0.25) is 0 Å². The molecule has 0 bridgehead atoms. The van der Waals surface area contributed by atoms with Gasteiger partial charge in [-0.1, -0.05) is 0 Å². The molecule has 100 valence electrons. The van der Waals surface area contributed by atoms with Crippen LogP contribution in [0, 0.1) is 0 Å². The average Bonchev–Trinajstić information content (AvgIpc) is 2.12. The minimum Gasteiger partial charge on any atom is -0.467 e. The van der Waals surface area contributed by atoms with E-state index in [2.05, 4.69) is 10.1 Å². The highest BCUT2D eigenvalue weighted by atomic mass is 19.1. The fourth-order valence-electron chi connectivity index (χ4n) is 1.10. The van der Waals surface area contributed by atoms with Crippen LogP contribution in [0.4, 0.5) is 9.18 Å². The van der Waals surface area contributed by atoms with E-state index in [-0.39, 0.29) is 6.42 Å². The molecule has 0 unspecified atom stereocenters. The monoisotopic (exact) mass is 249 g/mol. The lowest BCUT2D eigenvalue weighted by Gasteiger charge is -2.22. The summed E-state index contributed by atoms with van der Waals surface area (Å²) in [7, 11) is 1.11. The third-order valence-electron chi connectivity index (χ3n) is 1.78. The second kappa shape index (κ2) is 6.42. The molecule has 0 saturated carbocycles. The Morgan fingerprint density at radius 2 is 1.88 bits per heavy atom. The molecular weight excluding hydrogens is 229 g/mol. The van der Waals surface area contributed by atoms with Crippen molar-refractivity contribution in [3.05, 3.63) is 0 Å². The van der Waals surface area contributed by atoms with Crippen molar-refractivity contribution >= 4 is 12.1 Å². The fourth-order valence-corrected chi connectivity index (χ4v) is 1.10. The minimum atomic E-state index is -1.75. The van der Waals surface area contributed by atoms with Crippen molar-refractivity contribution in [1.82, 2.24) is 5.32 Å². The topological polar surface area (TPSA) is 64.6 Å². The number of amides is 1. The average molecular weight is 249 g/mol. The Morgan fingerprint density at radius 1 is 1.35 bits per heavy atom. The van der Waals surface area contributed by atoms with Gasteiger partial charge in [0.05, 0.1) is 7.11 Å². The second-order valence-electron chi connectivity index (χ2n) is 4.77. The van der Waals surface area contributed by atoms with Gasteiger partial charge < -0.3 is 14.8 Å². The van der Waals surface area contributed by atoms with E-state index < -0.39 is 29.9 Å². The number of methoxy groups -OCH3 is 1. The maximum absolute atomic E-state index is 13.2. The van der Waals surface area contributed by atoms with E-state index in [0.29, 0.717) is 0 Å². The predicted octanol–water partition coefficient (Wildman–Crippen LogP) is 1.80. The fraction of sp³-hybridized carbons (Fsp3) is 0.818. The smallest absolute Gasteiger partial charge is 0.407 e. The van der Waals surface area contributed by atoms with E-state index in [1.807, 2.05) is 0 Å². The van der Waals surface area contributed by atoms with Crippen LogP contribution in [0.1, 0.15) is 34.1 Å². The van der Waals surface area contributed by atoms with Crippen molar-refractivity contribution in [3.8, 4) is 0 Å². The maximum atomic E-state index is 13.2. The Labute approximate surface area is 101 Å². The van der Waals surface area contributed by atoms with E-state index in [9.17, 15) is 14.0 Å². The van der Waals surface area contributed by atoms with Crippen molar-refractivity contribution in [3.63, 3.8) is 0 Å². The first-order chi connectivity index (χ1) is 7.65. The summed E-state index contributed by atoms with van der Waals surface area (Å²) in [5, 5.41) is 2.44. The van der Waals surface area contributed by atoms with Crippen LogP contribution in [0.25, 0.3) is 0 Å². The van der Waals surface area contributed by atoms with Gasteiger partial charge in [-0.3, -0.25) is 0 Å². The molecule has 0 heterocycles. The molecule has 0 aliphatic carbocycles. The van der Waals surface area contributed by atoms with E-state index in [0.717, 1.165) is 7.11 Å². The van der Waals surface area contributed by atoms with Crippen molar-refractivity contribution in [1.29, 1.82) is 0 Å². The molecular formula is C11H20FNO4. The zero-order chi connectivity index (χ0) is 13.6. The molecule has 0 spiro atoms. The van der Waals surface area contributed by atoms with Crippen molar-refractivity contribution < 1.29 is 23.5 Å². The van der Waals surface area contributed by atoms with Gasteiger partial charge in [-0.05, 0) is 27.7 Å². The lowest BCUT2D eigenvalue weighted by atomic mass is 10.1. The first kappa shape index (κ1) is 15.7. The minimum absolute atomic E-state index is 0.147. The largest absolute Gasteiger partial charge is 0.467 e. The van der Waals surface area contributed by atoms with Crippen LogP contribution in [0.5, 0.6) is 0 Å². The quantitative estimate of drug-likeness (QED) is 0.772. The SMILES string of the molecule is COC(=O)[C@H](F)C[C@H](C)NC(=O)OC(C)(C)C. The van der Waals surface area contributed by atoms with Crippen molar-refractivity contribution in [2.24, 2.45) is 0 Å². The van der Waals surface area contributed by atoms with Crippen LogP contribution in [0.3, 0.4) is 0 Å². The molecule has 17 heavy (non-hydrogen) atoms. The number of alkyl halides is 1. The number of ether oxygens (including phenoxy) is 2.